The summed E-state index contributed by atoms with van der Waals surface area (Å²) in [5, 5.41) is 2.14. The normalized spacial score (nSPS) is 14.2. The maximum atomic E-state index is 5.51. The molecule has 0 spiro atoms. The number of fused-ring (bicyclic) bond motifs is 2. The summed E-state index contributed by atoms with van der Waals surface area (Å²) in [7, 11) is 0. The van der Waals surface area contributed by atoms with Gasteiger partial charge in [0.2, 0.25) is 0 Å². The Morgan fingerprint density at radius 1 is 1.13 bits per heavy atom. The number of aromatic nitrogens is 1. The van der Waals surface area contributed by atoms with Crippen LogP contribution in [0.15, 0.2) is 29.0 Å². The van der Waals surface area contributed by atoms with Gasteiger partial charge in [-0.25, -0.2) is 4.98 Å². The second-order valence-electron chi connectivity index (χ2n) is 3.32. The monoisotopic (exact) mass is 265 g/mol. The fraction of sp³-hybridized carbons (Fsp3) is 0.182. The van der Waals surface area contributed by atoms with Crippen molar-refractivity contribution in [2.75, 3.05) is 13.2 Å². The van der Waals surface area contributed by atoms with Crippen molar-refractivity contribution in [3.8, 4) is 11.5 Å². The molecule has 76 valence electrons. The quantitative estimate of drug-likeness (QED) is 0.687. The molecule has 0 saturated carbocycles. The Balaban J connectivity index is 2.31. The average Bonchev–Trinajstić information content (AvgIpc) is 2.27. The van der Waals surface area contributed by atoms with Crippen molar-refractivity contribution >= 4 is 26.7 Å². The van der Waals surface area contributed by atoms with Gasteiger partial charge in [-0.2, -0.15) is 0 Å². The predicted molar refractivity (Wildman–Crippen MR) is 60.4 cm³/mol. The van der Waals surface area contributed by atoms with Crippen molar-refractivity contribution < 1.29 is 9.47 Å². The number of hydrogen-bond donors (Lipinski definition) is 0. The van der Waals surface area contributed by atoms with Gasteiger partial charge in [0, 0.05) is 11.6 Å². The number of rotatable bonds is 0. The minimum atomic E-state index is 0.608. The summed E-state index contributed by atoms with van der Waals surface area (Å²) in [5.74, 6) is 1.61. The summed E-state index contributed by atoms with van der Waals surface area (Å²) in [6, 6.07) is 5.90. The molecule has 0 fully saturated rings. The first-order chi connectivity index (χ1) is 7.34. The number of nitrogens with zero attached hydrogens (tertiary/aromatic N) is 1. The fourth-order valence-corrected chi connectivity index (χ4v) is 2.14. The van der Waals surface area contributed by atoms with E-state index in [1.54, 1.807) is 6.20 Å². The molecule has 2 aromatic rings. The molecule has 2 heterocycles. The van der Waals surface area contributed by atoms with Crippen LogP contribution in [0.5, 0.6) is 11.5 Å². The Kier molecular flexibility index (Phi) is 2.02. The SMILES string of the molecule is Brc1nccc2cc3c(cc12)OCCO3. The molecule has 3 rings (SSSR count). The molecular formula is C11H8BrNO2. The van der Waals surface area contributed by atoms with Gasteiger partial charge in [0.1, 0.15) is 17.8 Å². The summed E-state index contributed by atoms with van der Waals surface area (Å²) in [6.07, 6.45) is 1.77. The zero-order valence-corrected chi connectivity index (χ0v) is 9.45. The number of hydrogen-bond acceptors (Lipinski definition) is 3. The molecule has 1 aromatic heterocycles. The zero-order chi connectivity index (χ0) is 10.3. The molecule has 1 aromatic carbocycles. The molecule has 1 aliphatic heterocycles. The lowest BCUT2D eigenvalue weighted by Crippen LogP contribution is -2.15. The van der Waals surface area contributed by atoms with Gasteiger partial charge in [-0.1, -0.05) is 0 Å². The lowest BCUT2D eigenvalue weighted by Gasteiger charge is -2.18. The van der Waals surface area contributed by atoms with Crippen LogP contribution in [0.3, 0.4) is 0 Å². The Morgan fingerprint density at radius 2 is 1.87 bits per heavy atom. The van der Waals surface area contributed by atoms with E-state index < -0.39 is 0 Å². The number of ether oxygens (including phenoxy) is 2. The minimum Gasteiger partial charge on any atom is -0.486 e. The van der Waals surface area contributed by atoms with Gasteiger partial charge < -0.3 is 9.47 Å². The van der Waals surface area contributed by atoms with Crippen LogP contribution >= 0.6 is 15.9 Å². The number of benzene rings is 1. The molecule has 0 radical (unpaired) electrons. The van der Waals surface area contributed by atoms with E-state index in [2.05, 4.69) is 20.9 Å². The second-order valence-corrected chi connectivity index (χ2v) is 4.07. The van der Waals surface area contributed by atoms with Gasteiger partial charge in [0.25, 0.3) is 0 Å². The standard InChI is InChI=1S/C11H8BrNO2/c12-11-8-6-10-9(14-3-4-15-10)5-7(8)1-2-13-11/h1-2,5-6H,3-4H2. The minimum absolute atomic E-state index is 0.608. The van der Waals surface area contributed by atoms with E-state index in [0.717, 1.165) is 26.9 Å². The third kappa shape index (κ3) is 1.45. The summed E-state index contributed by atoms with van der Waals surface area (Å²) in [6.45, 7) is 1.22. The molecule has 1 aliphatic rings. The molecule has 0 unspecified atom stereocenters. The van der Waals surface area contributed by atoms with Gasteiger partial charge in [-0.05, 0) is 39.5 Å². The third-order valence-electron chi connectivity index (χ3n) is 2.38. The predicted octanol–water partition coefficient (Wildman–Crippen LogP) is 2.77. The maximum absolute atomic E-state index is 5.51. The van der Waals surface area contributed by atoms with Gasteiger partial charge in [-0.3, -0.25) is 0 Å². The molecule has 0 saturated heterocycles. The van der Waals surface area contributed by atoms with Crippen LogP contribution in [-0.2, 0) is 0 Å². The van der Waals surface area contributed by atoms with Crippen LogP contribution in [0.25, 0.3) is 10.8 Å². The van der Waals surface area contributed by atoms with Gasteiger partial charge >= 0.3 is 0 Å². The summed E-state index contributed by atoms with van der Waals surface area (Å²) < 4.78 is 11.9. The Labute approximate surface area is 95.2 Å². The largest absolute Gasteiger partial charge is 0.486 e. The molecule has 15 heavy (non-hydrogen) atoms. The van der Waals surface area contributed by atoms with Gasteiger partial charge in [0.05, 0.1) is 0 Å². The smallest absolute Gasteiger partial charge is 0.162 e. The Bertz CT molecular complexity index is 527. The zero-order valence-electron chi connectivity index (χ0n) is 7.87. The topological polar surface area (TPSA) is 31.4 Å². The summed E-state index contributed by atoms with van der Waals surface area (Å²) in [4.78, 5) is 4.18. The van der Waals surface area contributed by atoms with Gasteiger partial charge in [0.15, 0.2) is 11.5 Å². The molecule has 0 N–H and O–H groups in total. The molecular weight excluding hydrogens is 258 g/mol. The van der Waals surface area contributed by atoms with Crippen molar-refractivity contribution in [2.45, 2.75) is 0 Å². The van der Waals surface area contributed by atoms with Gasteiger partial charge in [-0.15, -0.1) is 0 Å². The summed E-state index contributed by atoms with van der Waals surface area (Å²) >= 11 is 3.42. The highest BCUT2D eigenvalue weighted by molar-refractivity contribution is 9.10. The second kappa shape index (κ2) is 3.38. The third-order valence-corrected chi connectivity index (χ3v) is 3.01. The van der Waals surface area contributed by atoms with Crippen molar-refractivity contribution in [2.24, 2.45) is 0 Å². The highest BCUT2D eigenvalue weighted by atomic mass is 79.9. The van der Waals surface area contributed by atoms with Crippen LogP contribution in [0.2, 0.25) is 0 Å². The average molecular weight is 266 g/mol. The number of halogens is 1. The van der Waals surface area contributed by atoms with E-state index in [9.17, 15) is 0 Å². The van der Waals surface area contributed by atoms with Crippen LogP contribution in [0.1, 0.15) is 0 Å². The first-order valence-corrected chi connectivity index (χ1v) is 5.48. The lowest BCUT2D eigenvalue weighted by atomic mass is 10.1. The Morgan fingerprint density at radius 3 is 2.67 bits per heavy atom. The van der Waals surface area contributed by atoms with Crippen molar-refractivity contribution in [3.05, 3.63) is 29.0 Å². The Hall–Kier alpha value is -1.29. The van der Waals surface area contributed by atoms with E-state index >= 15 is 0 Å². The molecule has 0 bridgehead atoms. The molecule has 0 amide bonds. The lowest BCUT2D eigenvalue weighted by molar-refractivity contribution is 0.172. The van der Waals surface area contributed by atoms with Crippen LogP contribution in [0, 0.1) is 0 Å². The first kappa shape index (κ1) is 8.97. The van der Waals surface area contributed by atoms with Crippen LogP contribution in [0.4, 0.5) is 0 Å². The maximum Gasteiger partial charge on any atom is 0.162 e. The first-order valence-electron chi connectivity index (χ1n) is 4.68. The van der Waals surface area contributed by atoms with Crippen LogP contribution in [-0.4, -0.2) is 18.2 Å². The van der Waals surface area contributed by atoms with E-state index in [1.807, 2.05) is 18.2 Å². The van der Waals surface area contributed by atoms with E-state index in [-0.39, 0.29) is 0 Å². The summed E-state index contributed by atoms with van der Waals surface area (Å²) in [5.41, 5.74) is 0. The van der Waals surface area contributed by atoms with E-state index in [4.69, 9.17) is 9.47 Å². The van der Waals surface area contributed by atoms with E-state index in [0.29, 0.717) is 13.2 Å². The molecule has 3 nitrogen and oxygen atoms in total. The highest BCUT2D eigenvalue weighted by Gasteiger charge is 2.13. The van der Waals surface area contributed by atoms with Crippen molar-refractivity contribution in [3.63, 3.8) is 0 Å². The molecule has 0 atom stereocenters. The highest BCUT2D eigenvalue weighted by Crippen LogP contribution is 2.36. The van der Waals surface area contributed by atoms with E-state index in [1.165, 1.54) is 0 Å². The molecule has 0 aliphatic carbocycles. The van der Waals surface area contributed by atoms with Crippen molar-refractivity contribution in [1.82, 2.24) is 4.98 Å². The van der Waals surface area contributed by atoms with Crippen LogP contribution < -0.4 is 9.47 Å². The number of pyridine rings is 1. The molecule has 4 heteroatoms. The van der Waals surface area contributed by atoms with Crippen molar-refractivity contribution in [1.29, 1.82) is 0 Å². The fourth-order valence-electron chi connectivity index (χ4n) is 1.67.